The lowest BCUT2D eigenvalue weighted by molar-refractivity contribution is 0.1000. The van der Waals surface area contributed by atoms with E-state index in [1.807, 2.05) is 19.1 Å². The number of nitrogens with zero attached hydrogens (tertiary/aromatic N) is 2. The molecule has 0 atom stereocenters. The minimum Gasteiger partial charge on any atom is -0.385 e. The molecule has 0 saturated carbocycles. The molecule has 26 heavy (non-hydrogen) atoms. The maximum Gasteiger partial charge on any atom is 0.248 e. The molecule has 0 aliphatic rings. The summed E-state index contributed by atoms with van der Waals surface area (Å²) in [5.74, 6) is 0.338. The number of carbonyl (C=O) groups is 1. The van der Waals surface area contributed by atoms with Crippen LogP contribution in [-0.2, 0) is 11.3 Å². The Morgan fingerprint density at radius 1 is 1.31 bits per heavy atom. The summed E-state index contributed by atoms with van der Waals surface area (Å²) in [5.41, 5.74) is 6.76. The fourth-order valence-electron chi connectivity index (χ4n) is 2.29. The fraction of sp³-hybridized carbons (Fsp3) is 0.556. The Morgan fingerprint density at radius 2 is 2.08 bits per heavy atom. The number of nitrogens with one attached hydrogen (secondary N) is 2. The molecule has 1 rings (SSSR count). The Hall–Kier alpha value is -1.39. The minimum absolute atomic E-state index is 0. The number of ether oxygens (including phenoxy) is 1. The molecular formula is C18H32IN5O2. The van der Waals surface area contributed by atoms with E-state index in [9.17, 15) is 4.79 Å². The predicted molar refractivity (Wildman–Crippen MR) is 117 cm³/mol. The van der Waals surface area contributed by atoms with Gasteiger partial charge in [0.2, 0.25) is 5.91 Å². The van der Waals surface area contributed by atoms with Crippen molar-refractivity contribution in [3.05, 3.63) is 35.4 Å². The molecule has 0 unspecified atom stereocenters. The number of nitrogens with two attached hydrogens (primary N) is 1. The highest BCUT2D eigenvalue weighted by Gasteiger charge is 2.03. The fourth-order valence-corrected chi connectivity index (χ4v) is 2.29. The van der Waals surface area contributed by atoms with E-state index in [4.69, 9.17) is 10.5 Å². The summed E-state index contributed by atoms with van der Waals surface area (Å²) in [4.78, 5) is 18.1. The van der Waals surface area contributed by atoms with Crippen molar-refractivity contribution >= 4 is 35.8 Å². The maximum absolute atomic E-state index is 11.2. The number of guanidine groups is 1. The van der Waals surface area contributed by atoms with Crippen LogP contribution in [0.25, 0.3) is 0 Å². The number of hydrogen-bond donors (Lipinski definition) is 3. The number of benzene rings is 1. The molecule has 0 saturated heterocycles. The zero-order chi connectivity index (χ0) is 18.5. The number of likely N-dealkylation sites (N-methyl/N-ethyl adjacent to an activating group) is 1. The van der Waals surface area contributed by atoms with Gasteiger partial charge in [0, 0.05) is 45.5 Å². The van der Waals surface area contributed by atoms with Crippen LogP contribution in [0, 0.1) is 0 Å². The van der Waals surface area contributed by atoms with E-state index in [-0.39, 0.29) is 24.0 Å². The van der Waals surface area contributed by atoms with E-state index in [1.54, 1.807) is 19.2 Å². The van der Waals surface area contributed by atoms with Gasteiger partial charge in [0.15, 0.2) is 5.96 Å². The topological polar surface area (TPSA) is 92.0 Å². The van der Waals surface area contributed by atoms with Crippen molar-refractivity contribution in [3.63, 3.8) is 0 Å². The number of hydrogen-bond acceptors (Lipinski definition) is 4. The van der Waals surface area contributed by atoms with E-state index in [1.165, 1.54) is 0 Å². The Labute approximate surface area is 173 Å². The molecule has 1 amide bonds. The lowest BCUT2D eigenvalue weighted by Gasteiger charge is -2.18. The number of amides is 1. The van der Waals surface area contributed by atoms with Crippen LogP contribution >= 0.6 is 24.0 Å². The van der Waals surface area contributed by atoms with Crippen LogP contribution in [0.1, 0.15) is 29.3 Å². The Balaban J connectivity index is 0.00000625. The van der Waals surface area contributed by atoms with Crippen molar-refractivity contribution < 1.29 is 9.53 Å². The van der Waals surface area contributed by atoms with E-state index in [0.29, 0.717) is 12.1 Å². The first-order valence-electron chi connectivity index (χ1n) is 8.65. The average Bonchev–Trinajstić information content (AvgIpc) is 2.60. The molecule has 1 aromatic carbocycles. The van der Waals surface area contributed by atoms with Gasteiger partial charge in [0.05, 0.1) is 6.54 Å². The van der Waals surface area contributed by atoms with Gasteiger partial charge in [-0.2, -0.15) is 0 Å². The highest BCUT2D eigenvalue weighted by atomic mass is 127. The summed E-state index contributed by atoms with van der Waals surface area (Å²) in [6.07, 6.45) is 1.03. The highest BCUT2D eigenvalue weighted by molar-refractivity contribution is 14.0. The molecule has 0 spiro atoms. The van der Waals surface area contributed by atoms with Gasteiger partial charge < -0.3 is 26.0 Å². The molecular weight excluding hydrogens is 445 g/mol. The smallest absolute Gasteiger partial charge is 0.248 e. The Kier molecular flexibility index (Phi) is 14.0. The number of halogens is 1. The van der Waals surface area contributed by atoms with Crippen LogP contribution in [0.2, 0.25) is 0 Å². The second-order valence-electron chi connectivity index (χ2n) is 5.84. The molecule has 0 aromatic heterocycles. The number of primary amides is 1. The third-order valence-electron chi connectivity index (χ3n) is 3.65. The van der Waals surface area contributed by atoms with E-state index >= 15 is 0 Å². The first kappa shape index (κ1) is 24.6. The van der Waals surface area contributed by atoms with Gasteiger partial charge in [-0.05, 0) is 38.1 Å². The number of aliphatic imine (C=N–C) groups is 1. The predicted octanol–water partition coefficient (Wildman–Crippen LogP) is 1.43. The Bertz CT molecular complexity index is 554. The van der Waals surface area contributed by atoms with Gasteiger partial charge in [-0.1, -0.05) is 12.1 Å². The molecule has 7 nitrogen and oxygen atoms in total. The van der Waals surface area contributed by atoms with Crippen LogP contribution in [0.5, 0.6) is 0 Å². The molecule has 0 heterocycles. The Morgan fingerprint density at radius 3 is 2.73 bits per heavy atom. The van der Waals surface area contributed by atoms with Crippen molar-refractivity contribution in [1.29, 1.82) is 0 Å². The highest BCUT2D eigenvalue weighted by Crippen LogP contribution is 2.06. The van der Waals surface area contributed by atoms with Gasteiger partial charge in [-0.3, -0.25) is 4.79 Å². The zero-order valence-electron chi connectivity index (χ0n) is 16.0. The molecule has 0 aliphatic carbocycles. The summed E-state index contributed by atoms with van der Waals surface area (Å²) in [6.45, 7) is 6.82. The van der Waals surface area contributed by atoms with Crippen LogP contribution in [0.4, 0.5) is 0 Å². The SMILES string of the molecule is CCNC(=NCc1cccc(C(N)=O)c1)NCCN(C)CCCOC.I. The average molecular weight is 477 g/mol. The van der Waals surface area contributed by atoms with Crippen molar-refractivity contribution in [2.45, 2.75) is 19.9 Å². The van der Waals surface area contributed by atoms with Crippen LogP contribution in [0.3, 0.4) is 0 Å². The van der Waals surface area contributed by atoms with Crippen molar-refractivity contribution in [2.24, 2.45) is 10.7 Å². The standard InChI is InChI=1S/C18H31N5O2.HI/c1-4-20-18(21-9-11-23(2)10-6-12-25-3)22-14-15-7-5-8-16(13-15)17(19)24;/h5,7-8,13H,4,6,9-12,14H2,1-3H3,(H2,19,24)(H2,20,21,22);1H. The van der Waals surface area contributed by atoms with E-state index in [2.05, 4.69) is 27.6 Å². The van der Waals surface area contributed by atoms with Crippen molar-refractivity contribution in [1.82, 2.24) is 15.5 Å². The first-order valence-corrected chi connectivity index (χ1v) is 8.65. The lowest BCUT2D eigenvalue weighted by Crippen LogP contribution is -2.41. The van der Waals surface area contributed by atoms with Gasteiger partial charge in [-0.25, -0.2) is 4.99 Å². The number of rotatable bonds is 11. The third kappa shape index (κ3) is 10.6. The molecule has 148 valence electrons. The number of carbonyl (C=O) groups excluding carboxylic acids is 1. The quantitative estimate of drug-likeness (QED) is 0.194. The normalized spacial score (nSPS) is 11.2. The van der Waals surface area contributed by atoms with Crippen molar-refractivity contribution in [2.75, 3.05) is 46.9 Å². The van der Waals surface area contributed by atoms with Crippen LogP contribution in [-0.4, -0.2) is 63.7 Å². The summed E-state index contributed by atoms with van der Waals surface area (Å²) in [6, 6.07) is 7.24. The second kappa shape index (κ2) is 14.7. The molecule has 0 aliphatic heterocycles. The minimum atomic E-state index is -0.424. The summed E-state index contributed by atoms with van der Waals surface area (Å²) in [7, 11) is 3.82. The van der Waals surface area contributed by atoms with Crippen LogP contribution in [0.15, 0.2) is 29.3 Å². The number of methoxy groups -OCH3 is 1. The lowest BCUT2D eigenvalue weighted by atomic mass is 10.1. The van der Waals surface area contributed by atoms with Gasteiger partial charge in [0.25, 0.3) is 0 Å². The van der Waals surface area contributed by atoms with Crippen LogP contribution < -0.4 is 16.4 Å². The summed E-state index contributed by atoms with van der Waals surface area (Å²) < 4.78 is 5.06. The summed E-state index contributed by atoms with van der Waals surface area (Å²) in [5, 5.41) is 6.55. The third-order valence-corrected chi connectivity index (χ3v) is 3.65. The molecule has 4 N–H and O–H groups in total. The second-order valence-corrected chi connectivity index (χ2v) is 5.84. The van der Waals surface area contributed by atoms with Crippen molar-refractivity contribution in [3.8, 4) is 0 Å². The zero-order valence-corrected chi connectivity index (χ0v) is 18.3. The van der Waals surface area contributed by atoms with E-state index < -0.39 is 5.91 Å². The molecule has 0 bridgehead atoms. The van der Waals surface area contributed by atoms with Gasteiger partial charge >= 0.3 is 0 Å². The molecule has 0 radical (unpaired) electrons. The van der Waals surface area contributed by atoms with Gasteiger partial charge in [0.1, 0.15) is 0 Å². The molecule has 8 heteroatoms. The first-order chi connectivity index (χ1) is 12.1. The maximum atomic E-state index is 11.2. The largest absolute Gasteiger partial charge is 0.385 e. The monoisotopic (exact) mass is 477 g/mol. The van der Waals surface area contributed by atoms with Gasteiger partial charge in [-0.15, -0.1) is 24.0 Å². The molecule has 0 fully saturated rings. The van der Waals surface area contributed by atoms with E-state index in [0.717, 1.165) is 50.7 Å². The summed E-state index contributed by atoms with van der Waals surface area (Å²) >= 11 is 0. The molecule has 1 aromatic rings.